The number of nitrogens with one attached hydrogen (secondary N) is 1. The molecule has 0 amide bonds. The molecule has 1 fully saturated rings. The van der Waals surface area contributed by atoms with Crippen molar-refractivity contribution in [2.75, 3.05) is 18.0 Å². The standard InChI is InChI=1S/C26H26N4.2ClH/c1-19(23-13-7-11-20-8-5-6-12-24(20)23)29-22-14-15-30(17-22)26-16-25(27-18-28-26)21-9-3-2-4-10-21;;/h2-13,16,18-19,22,29H,14-15,17H2,1H3;2*1H. The van der Waals surface area contributed by atoms with Crippen LogP contribution in [0.3, 0.4) is 0 Å². The van der Waals surface area contributed by atoms with Crippen molar-refractivity contribution in [1.29, 1.82) is 0 Å². The molecule has 2 unspecified atom stereocenters. The van der Waals surface area contributed by atoms with Crippen LogP contribution in [0.5, 0.6) is 0 Å². The molecule has 6 heteroatoms. The molecule has 0 radical (unpaired) electrons. The van der Waals surface area contributed by atoms with E-state index in [1.165, 1.54) is 16.3 Å². The van der Waals surface area contributed by atoms with Gasteiger partial charge in [0.2, 0.25) is 0 Å². The van der Waals surface area contributed by atoms with Gasteiger partial charge in [0.05, 0.1) is 5.69 Å². The van der Waals surface area contributed by atoms with E-state index in [0.29, 0.717) is 12.1 Å². The number of anilines is 1. The van der Waals surface area contributed by atoms with Crippen molar-refractivity contribution in [1.82, 2.24) is 15.3 Å². The minimum absolute atomic E-state index is 0. The maximum absolute atomic E-state index is 4.55. The number of benzene rings is 3. The highest BCUT2D eigenvalue weighted by atomic mass is 35.5. The van der Waals surface area contributed by atoms with Gasteiger partial charge in [-0.2, -0.15) is 0 Å². The third-order valence-electron chi connectivity index (χ3n) is 6.01. The van der Waals surface area contributed by atoms with Crippen LogP contribution in [0.2, 0.25) is 0 Å². The second-order valence-electron chi connectivity index (χ2n) is 8.02. The van der Waals surface area contributed by atoms with E-state index < -0.39 is 0 Å². The van der Waals surface area contributed by atoms with E-state index in [4.69, 9.17) is 0 Å². The lowest BCUT2D eigenvalue weighted by atomic mass is 9.99. The van der Waals surface area contributed by atoms with E-state index in [0.717, 1.165) is 36.6 Å². The number of hydrogen-bond acceptors (Lipinski definition) is 4. The number of hydrogen-bond donors (Lipinski definition) is 1. The van der Waals surface area contributed by atoms with Gasteiger partial charge in [-0.25, -0.2) is 9.97 Å². The lowest BCUT2D eigenvalue weighted by Crippen LogP contribution is -2.34. The van der Waals surface area contributed by atoms with Crippen LogP contribution in [-0.4, -0.2) is 29.1 Å². The van der Waals surface area contributed by atoms with Crippen LogP contribution in [0.1, 0.15) is 24.9 Å². The maximum Gasteiger partial charge on any atom is 0.132 e. The molecule has 2 heterocycles. The first kappa shape index (κ1) is 24.0. The summed E-state index contributed by atoms with van der Waals surface area (Å²) in [6.07, 6.45) is 2.79. The SMILES string of the molecule is CC(NC1CCN(c2cc(-c3ccccc3)ncn2)C1)c1cccc2ccccc12.Cl.Cl. The monoisotopic (exact) mass is 466 g/mol. The number of aromatic nitrogens is 2. The Bertz CT molecular complexity index is 1150. The van der Waals surface area contributed by atoms with E-state index in [1.54, 1.807) is 6.33 Å². The molecule has 0 saturated carbocycles. The molecule has 0 bridgehead atoms. The van der Waals surface area contributed by atoms with E-state index in [1.807, 2.05) is 18.2 Å². The summed E-state index contributed by atoms with van der Waals surface area (Å²) in [4.78, 5) is 11.4. The predicted octanol–water partition coefficient (Wildman–Crippen LogP) is 6.07. The van der Waals surface area contributed by atoms with Crippen LogP contribution in [0.25, 0.3) is 22.0 Å². The fraction of sp³-hybridized carbons (Fsp3) is 0.231. The van der Waals surface area contributed by atoms with Crippen molar-refractivity contribution >= 4 is 41.4 Å². The molecule has 32 heavy (non-hydrogen) atoms. The quantitative estimate of drug-likeness (QED) is 0.387. The molecule has 4 aromatic rings. The lowest BCUT2D eigenvalue weighted by Gasteiger charge is -2.22. The van der Waals surface area contributed by atoms with Crippen LogP contribution < -0.4 is 10.2 Å². The van der Waals surface area contributed by atoms with Gasteiger partial charge in [0.25, 0.3) is 0 Å². The second kappa shape index (κ2) is 10.8. The Labute approximate surface area is 201 Å². The summed E-state index contributed by atoms with van der Waals surface area (Å²) in [6.45, 7) is 4.23. The number of rotatable bonds is 5. The molecule has 1 aliphatic rings. The van der Waals surface area contributed by atoms with Crippen molar-refractivity contribution in [3.8, 4) is 11.3 Å². The molecule has 1 saturated heterocycles. The molecule has 0 aliphatic carbocycles. The predicted molar refractivity (Wildman–Crippen MR) is 138 cm³/mol. The van der Waals surface area contributed by atoms with Crippen LogP contribution in [0.4, 0.5) is 5.82 Å². The molecule has 5 rings (SSSR count). The first-order valence-corrected chi connectivity index (χ1v) is 10.6. The molecule has 4 nitrogen and oxygen atoms in total. The zero-order chi connectivity index (χ0) is 20.3. The van der Waals surface area contributed by atoms with Gasteiger partial charge >= 0.3 is 0 Å². The van der Waals surface area contributed by atoms with Gasteiger partial charge in [0.1, 0.15) is 12.1 Å². The van der Waals surface area contributed by atoms with Crippen molar-refractivity contribution < 1.29 is 0 Å². The summed E-state index contributed by atoms with van der Waals surface area (Å²) in [5, 5.41) is 6.48. The zero-order valence-corrected chi connectivity index (χ0v) is 19.7. The average Bonchev–Trinajstić information content (AvgIpc) is 3.28. The topological polar surface area (TPSA) is 41.0 Å². The first-order chi connectivity index (χ1) is 14.8. The summed E-state index contributed by atoms with van der Waals surface area (Å²) in [5.41, 5.74) is 3.46. The van der Waals surface area contributed by atoms with Gasteiger partial charge in [-0.1, -0.05) is 72.8 Å². The molecular formula is C26H28Cl2N4. The smallest absolute Gasteiger partial charge is 0.132 e. The highest BCUT2D eigenvalue weighted by Gasteiger charge is 2.25. The molecule has 2 atom stereocenters. The van der Waals surface area contributed by atoms with Crippen LogP contribution in [-0.2, 0) is 0 Å². The Morgan fingerprint density at radius 1 is 0.906 bits per heavy atom. The molecule has 1 N–H and O–H groups in total. The van der Waals surface area contributed by atoms with E-state index in [2.05, 4.69) is 87.8 Å². The van der Waals surface area contributed by atoms with Crippen molar-refractivity contribution in [3.05, 3.63) is 90.8 Å². The molecule has 0 spiro atoms. The lowest BCUT2D eigenvalue weighted by molar-refractivity contribution is 0.483. The van der Waals surface area contributed by atoms with Crippen molar-refractivity contribution in [3.63, 3.8) is 0 Å². The van der Waals surface area contributed by atoms with Crippen LogP contribution in [0, 0.1) is 0 Å². The van der Waals surface area contributed by atoms with E-state index in [9.17, 15) is 0 Å². The van der Waals surface area contributed by atoms with E-state index >= 15 is 0 Å². The second-order valence-corrected chi connectivity index (χ2v) is 8.02. The van der Waals surface area contributed by atoms with Gasteiger partial charge in [-0.3, -0.25) is 0 Å². The molecule has 166 valence electrons. The zero-order valence-electron chi connectivity index (χ0n) is 18.0. The van der Waals surface area contributed by atoms with Gasteiger partial charge in [0, 0.05) is 36.8 Å². The summed E-state index contributed by atoms with van der Waals surface area (Å²) in [5.74, 6) is 1.01. The summed E-state index contributed by atoms with van der Waals surface area (Å²) in [6, 6.07) is 28.3. The normalized spacial score (nSPS) is 16.3. The first-order valence-electron chi connectivity index (χ1n) is 10.6. The minimum Gasteiger partial charge on any atom is -0.355 e. The Morgan fingerprint density at radius 2 is 1.66 bits per heavy atom. The number of nitrogens with zero attached hydrogens (tertiary/aromatic N) is 3. The number of fused-ring (bicyclic) bond motifs is 1. The van der Waals surface area contributed by atoms with Crippen molar-refractivity contribution in [2.24, 2.45) is 0 Å². The Morgan fingerprint density at radius 3 is 2.50 bits per heavy atom. The fourth-order valence-corrected chi connectivity index (χ4v) is 4.46. The third-order valence-corrected chi connectivity index (χ3v) is 6.01. The summed E-state index contributed by atoms with van der Waals surface area (Å²) < 4.78 is 0. The van der Waals surface area contributed by atoms with E-state index in [-0.39, 0.29) is 24.8 Å². The third kappa shape index (κ3) is 5.04. The Kier molecular flexibility index (Phi) is 8.08. The minimum atomic E-state index is 0. The fourth-order valence-electron chi connectivity index (χ4n) is 4.46. The molecule has 1 aromatic heterocycles. The summed E-state index contributed by atoms with van der Waals surface area (Å²) in [7, 11) is 0. The van der Waals surface area contributed by atoms with Crippen LogP contribution in [0.15, 0.2) is 85.2 Å². The molecule has 3 aromatic carbocycles. The van der Waals surface area contributed by atoms with Gasteiger partial charge in [0.15, 0.2) is 0 Å². The maximum atomic E-state index is 4.55. The van der Waals surface area contributed by atoms with Gasteiger partial charge in [-0.05, 0) is 29.7 Å². The molecular weight excluding hydrogens is 439 g/mol. The molecule has 1 aliphatic heterocycles. The summed E-state index contributed by atoms with van der Waals surface area (Å²) >= 11 is 0. The Balaban J connectivity index is 0.00000144. The van der Waals surface area contributed by atoms with Gasteiger partial charge < -0.3 is 10.2 Å². The highest BCUT2D eigenvalue weighted by Crippen LogP contribution is 2.27. The number of halogens is 2. The largest absolute Gasteiger partial charge is 0.355 e. The van der Waals surface area contributed by atoms with Gasteiger partial charge in [-0.15, -0.1) is 24.8 Å². The van der Waals surface area contributed by atoms with Crippen LogP contribution >= 0.6 is 24.8 Å². The highest BCUT2D eigenvalue weighted by molar-refractivity contribution is 5.86. The van der Waals surface area contributed by atoms with Crippen molar-refractivity contribution in [2.45, 2.75) is 25.4 Å². The Hall–Kier alpha value is -2.66. The average molecular weight is 467 g/mol.